The fourth-order valence-electron chi connectivity index (χ4n) is 4.02. The summed E-state index contributed by atoms with van der Waals surface area (Å²) in [5.74, 6) is -0.0309. The van der Waals surface area contributed by atoms with E-state index in [2.05, 4.69) is 26.1 Å². The molecular weight excluding hydrogens is 448 g/mol. The molecule has 0 aliphatic carbocycles. The van der Waals surface area contributed by atoms with Gasteiger partial charge in [-0.2, -0.15) is 0 Å². The summed E-state index contributed by atoms with van der Waals surface area (Å²) in [5.41, 5.74) is 3.78. The van der Waals surface area contributed by atoms with Crippen LogP contribution in [0, 0.1) is 13.8 Å². The van der Waals surface area contributed by atoms with E-state index in [-0.39, 0.29) is 16.9 Å². The van der Waals surface area contributed by atoms with E-state index in [0.717, 1.165) is 16.7 Å². The summed E-state index contributed by atoms with van der Waals surface area (Å²) < 4.78 is 34.7. The molecule has 1 N–H and O–H groups in total. The van der Waals surface area contributed by atoms with Gasteiger partial charge < -0.3 is 10.1 Å². The average Bonchev–Trinajstić information content (AvgIpc) is 2.80. The van der Waals surface area contributed by atoms with Gasteiger partial charge in [-0.05, 0) is 60.2 Å². The smallest absolute Gasteiger partial charge is 0.267 e. The number of hydrogen-bond acceptors (Lipinski definition) is 4. The molecule has 7 heteroatoms. The highest BCUT2D eigenvalue weighted by atomic mass is 32.2. The largest absolute Gasteiger partial charge is 0.476 e. The van der Waals surface area contributed by atoms with Crippen molar-refractivity contribution in [1.82, 2.24) is 0 Å². The molecule has 0 saturated carbocycles. The second-order valence-corrected chi connectivity index (χ2v) is 11.5. The maximum Gasteiger partial charge on any atom is 0.267 e. The Morgan fingerprint density at radius 2 is 1.62 bits per heavy atom. The van der Waals surface area contributed by atoms with Gasteiger partial charge in [-0.3, -0.25) is 9.10 Å². The molecule has 0 radical (unpaired) electrons. The molecule has 4 rings (SSSR count). The summed E-state index contributed by atoms with van der Waals surface area (Å²) in [6.45, 7) is 9.90. The predicted octanol–water partition coefficient (Wildman–Crippen LogP) is 5.20. The number of anilines is 2. The minimum Gasteiger partial charge on any atom is -0.476 e. The van der Waals surface area contributed by atoms with Crippen LogP contribution in [0.25, 0.3) is 0 Å². The third-order valence-electron chi connectivity index (χ3n) is 6.05. The summed E-state index contributed by atoms with van der Waals surface area (Å²) in [4.78, 5) is 13.4. The molecule has 0 bridgehead atoms. The van der Waals surface area contributed by atoms with E-state index in [1.54, 1.807) is 36.4 Å². The van der Waals surface area contributed by atoms with Crippen molar-refractivity contribution in [2.45, 2.75) is 51.0 Å². The second kappa shape index (κ2) is 8.80. The molecule has 0 spiro atoms. The Morgan fingerprint density at radius 3 is 2.24 bits per heavy atom. The number of hydrogen-bond donors (Lipinski definition) is 1. The molecule has 3 aromatic rings. The van der Waals surface area contributed by atoms with Gasteiger partial charge >= 0.3 is 0 Å². The highest BCUT2D eigenvalue weighted by Gasteiger charge is 2.38. The Hall–Kier alpha value is -3.32. The fourth-order valence-corrected chi connectivity index (χ4v) is 5.51. The van der Waals surface area contributed by atoms with Crippen molar-refractivity contribution in [3.63, 3.8) is 0 Å². The van der Waals surface area contributed by atoms with Crippen molar-refractivity contribution < 1.29 is 17.9 Å². The zero-order valence-corrected chi connectivity index (χ0v) is 20.9. The highest BCUT2D eigenvalue weighted by molar-refractivity contribution is 7.92. The van der Waals surface area contributed by atoms with Gasteiger partial charge in [-0.25, -0.2) is 8.42 Å². The van der Waals surface area contributed by atoms with Crippen molar-refractivity contribution >= 4 is 27.3 Å². The third kappa shape index (κ3) is 4.53. The molecule has 0 saturated heterocycles. The number of carbonyl (C=O) groups is 1. The van der Waals surface area contributed by atoms with E-state index in [4.69, 9.17) is 4.74 Å². The van der Waals surface area contributed by atoms with Crippen LogP contribution in [0.5, 0.6) is 5.75 Å². The first-order valence-corrected chi connectivity index (χ1v) is 12.7. The summed E-state index contributed by atoms with van der Waals surface area (Å²) in [5, 5.41) is 2.94. The number of para-hydroxylation sites is 1. The molecule has 3 aromatic carbocycles. The standard InChI is InChI=1S/C27H30N2O4S/c1-18-10-9-11-19(2)25(18)28-26(30)24-17-29(34(31,32)21-12-7-6-8-13-21)22-16-20(27(3,4)5)14-15-23(22)33-24/h6-16,24H,17H2,1-5H3,(H,28,30)/t24-/m0/s1. The molecule has 0 fully saturated rings. The van der Waals surface area contributed by atoms with Gasteiger partial charge in [-0.1, -0.05) is 63.2 Å². The third-order valence-corrected chi connectivity index (χ3v) is 7.84. The van der Waals surface area contributed by atoms with Crippen molar-refractivity contribution in [3.05, 3.63) is 83.4 Å². The molecular formula is C27H30N2O4S. The predicted molar refractivity (Wildman–Crippen MR) is 135 cm³/mol. The van der Waals surface area contributed by atoms with Gasteiger partial charge in [0.25, 0.3) is 15.9 Å². The Labute approximate surface area is 201 Å². The van der Waals surface area contributed by atoms with E-state index in [1.165, 1.54) is 4.31 Å². The van der Waals surface area contributed by atoms with Crippen LogP contribution in [-0.4, -0.2) is 27.0 Å². The summed E-state index contributed by atoms with van der Waals surface area (Å²) in [6, 6.07) is 19.5. The van der Waals surface area contributed by atoms with Crippen LogP contribution in [0.1, 0.15) is 37.5 Å². The zero-order valence-electron chi connectivity index (χ0n) is 20.1. The first-order valence-electron chi connectivity index (χ1n) is 11.2. The number of benzene rings is 3. The van der Waals surface area contributed by atoms with Gasteiger partial charge in [0.2, 0.25) is 0 Å². The molecule has 34 heavy (non-hydrogen) atoms. The minimum absolute atomic E-state index is 0.130. The van der Waals surface area contributed by atoms with E-state index in [1.807, 2.05) is 44.2 Å². The molecule has 1 aliphatic heterocycles. The Bertz CT molecular complexity index is 1310. The van der Waals surface area contributed by atoms with Crippen LogP contribution in [0.2, 0.25) is 0 Å². The van der Waals surface area contributed by atoms with Crippen LogP contribution < -0.4 is 14.4 Å². The number of ether oxygens (including phenoxy) is 1. The molecule has 1 amide bonds. The van der Waals surface area contributed by atoms with E-state index < -0.39 is 22.0 Å². The first kappa shape index (κ1) is 23.8. The number of sulfonamides is 1. The molecule has 0 unspecified atom stereocenters. The maximum atomic E-state index is 13.7. The first-order chi connectivity index (χ1) is 16.0. The van der Waals surface area contributed by atoms with Crippen LogP contribution in [0.15, 0.2) is 71.6 Å². The van der Waals surface area contributed by atoms with Crippen LogP contribution in [0.4, 0.5) is 11.4 Å². The Kier molecular flexibility index (Phi) is 6.16. The van der Waals surface area contributed by atoms with Crippen molar-refractivity contribution in [1.29, 1.82) is 0 Å². The van der Waals surface area contributed by atoms with Gasteiger partial charge in [0.15, 0.2) is 6.10 Å². The number of nitrogens with zero attached hydrogens (tertiary/aromatic N) is 1. The lowest BCUT2D eigenvalue weighted by atomic mass is 9.86. The van der Waals surface area contributed by atoms with Crippen LogP contribution in [-0.2, 0) is 20.2 Å². The van der Waals surface area contributed by atoms with Crippen molar-refractivity contribution in [2.75, 3.05) is 16.2 Å². The monoisotopic (exact) mass is 478 g/mol. The van der Waals surface area contributed by atoms with Crippen LogP contribution >= 0.6 is 0 Å². The lowest BCUT2D eigenvalue weighted by molar-refractivity contribution is -0.122. The summed E-state index contributed by atoms with van der Waals surface area (Å²) >= 11 is 0. The van der Waals surface area contributed by atoms with E-state index in [0.29, 0.717) is 17.1 Å². The van der Waals surface area contributed by atoms with Gasteiger partial charge in [0.05, 0.1) is 17.1 Å². The number of fused-ring (bicyclic) bond motifs is 1. The molecule has 1 heterocycles. The van der Waals surface area contributed by atoms with Crippen molar-refractivity contribution in [3.8, 4) is 5.75 Å². The molecule has 1 atom stereocenters. The lowest BCUT2D eigenvalue weighted by Gasteiger charge is -2.36. The molecule has 6 nitrogen and oxygen atoms in total. The molecule has 178 valence electrons. The van der Waals surface area contributed by atoms with Gasteiger partial charge in [0, 0.05) is 5.69 Å². The maximum absolute atomic E-state index is 13.7. The highest BCUT2D eigenvalue weighted by Crippen LogP contribution is 2.40. The second-order valence-electron chi connectivity index (χ2n) is 9.64. The SMILES string of the molecule is Cc1cccc(C)c1NC(=O)[C@@H]1CN(S(=O)(=O)c2ccccc2)c2cc(C(C)(C)C)ccc2O1. The number of amides is 1. The summed E-state index contributed by atoms with van der Waals surface area (Å²) in [6.07, 6.45) is -1.01. The van der Waals surface area contributed by atoms with Crippen LogP contribution in [0.3, 0.4) is 0 Å². The number of aryl methyl sites for hydroxylation is 2. The van der Waals surface area contributed by atoms with Gasteiger partial charge in [0.1, 0.15) is 5.75 Å². The number of nitrogens with one attached hydrogen (secondary N) is 1. The normalized spacial score (nSPS) is 15.9. The Balaban J connectivity index is 1.76. The Morgan fingerprint density at radius 1 is 0.971 bits per heavy atom. The van der Waals surface area contributed by atoms with Gasteiger partial charge in [-0.15, -0.1) is 0 Å². The fraction of sp³-hybridized carbons (Fsp3) is 0.296. The van der Waals surface area contributed by atoms with E-state index in [9.17, 15) is 13.2 Å². The van der Waals surface area contributed by atoms with E-state index >= 15 is 0 Å². The number of rotatable bonds is 4. The topological polar surface area (TPSA) is 75.7 Å². The van der Waals surface area contributed by atoms with Crippen molar-refractivity contribution in [2.24, 2.45) is 0 Å². The average molecular weight is 479 g/mol. The molecule has 0 aromatic heterocycles. The molecule has 1 aliphatic rings. The quantitative estimate of drug-likeness (QED) is 0.560. The lowest BCUT2D eigenvalue weighted by Crippen LogP contribution is -2.49. The number of carbonyl (C=O) groups excluding carboxylic acids is 1. The zero-order chi connectivity index (χ0) is 24.7. The summed E-state index contributed by atoms with van der Waals surface area (Å²) in [7, 11) is -3.92. The minimum atomic E-state index is -3.92.